The molecule has 0 N–H and O–H groups in total. The molecule has 0 spiro atoms. The van der Waals surface area contributed by atoms with Gasteiger partial charge in [-0.25, -0.2) is 15.0 Å². The van der Waals surface area contributed by atoms with Crippen LogP contribution in [-0.2, 0) is 16.0 Å². The summed E-state index contributed by atoms with van der Waals surface area (Å²) in [5.74, 6) is 0.343. The molecule has 0 bridgehead atoms. The van der Waals surface area contributed by atoms with E-state index in [0.717, 1.165) is 0 Å². The summed E-state index contributed by atoms with van der Waals surface area (Å²) in [6.45, 7) is 1.69. The highest BCUT2D eigenvalue weighted by atomic mass is 16.5. The maximum atomic E-state index is 10.4. The molecule has 1 aromatic heterocycles. The third kappa shape index (κ3) is 3.05. The van der Waals surface area contributed by atoms with E-state index in [4.69, 9.17) is 4.74 Å². The Hall–Kier alpha value is -1.52. The summed E-state index contributed by atoms with van der Waals surface area (Å²) in [6.07, 6.45) is 3.36. The molecule has 0 aliphatic rings. The highest BCUT2D eigenvalue weighted by Gasteiger charge is 1.96. The van der Waals surface area contributed by atoms with Gasteiger partial charge in [-0.2, -0.15) is 0 Å². The van der Waals surface area contributed by atoms with E-state index in [1.54, 1.807) is 0 Å². The molecule has 0 aromatic carbocycles. The molecule has 5 heteroatoms. The van der Waals surface area contributed by atoms with Crippen molar-refractivity contribution in [2.45, 2.75) is 13.3 Å². The second-order valence-corrected chi connectivity index (χ2v) is 2.14. The van der Waals surface area contributed by atoms with Crippen LogP contribution in [0.2, 0.25) is 0 Å². The van der Waals surface area contributed by atoms with Gasteiger partial charge in [-0.1, -0.05) is 0 Å². The SMILES string of the molecule is CC(=O)OCCc1ncncn1. The first kappa shape index (κ1) is 8.58. The molecule has 64 valence electrons. The molecule has 1 heterocycles. The number of hydrogen-bond acceptors (Lipinski definition) is 5. The summed E-state index contributed by atoms with van der Waals surface area (Å²) < 4.78 is 4.71. The van der Waals surface area contributed by atoms with E-state index >= 15 is 0 Å². The van der Waals surface area contributed by atoms with Crippen molar-refractivity contribution in [3.63, 3.8) is 0 Å². The normalized spacial score (nSPS) is 9.42. The van der Waals surface area contributed by atoms with Crippen LogP contribution in [0.25, 0.3) is 0 Å². The van der Waals surface area contributed by atoms with Crippen LogP contribution in [0.3, 0.4) is 0 Å². The summed E-state index contributed by atoms with van der Waals surface area (Å²) in [7, 11) is 0. The van der Waals surface area contributed by atoms with Gasteiger partial charge in [-0.15, -0.1) is 0 Å². The zero-order chi connectivity index (χ0) is 8.81. The fraction of sp³-hybridized carbons (Fsp3) is 0.429. The van der Waals surface area contributed by atoms with Gasteiger partial charge in [0.2, 0.25) is 0 Å². The van der Waals surface area contributed by atoms with Gasteiger partial charge in [0.15, 0.2) is 0 Å². The first-order chi connectivity index (χ1) is 5.79. The summed E-state index contributed by atoms with van der Waals surface area (Å²) in [5.41, 5.74) is 0. The van der Waals surface area contributed by atoms with Gasteiger partial charge < -0.3 is 4.74 Å². The molecule has 0 amide bonds. The van der Waals surface area contributed by atoms with E-state index in [0.29, 0.717) is 18.9 Å². The molecule has 5 nitrogen and oxygen atoms in total. The van der Waals surface area contributed by atoms with Crippen LogP contribution in [0.5, 0.6) is 0 Å². The first-order valence-corrected chi connectivity index (χ1v) is 3.53. The van der Waals surface area contributed by atoms with Crippen molar-refractivity contribution in [2.75, 3.05) is 6.61 Å². The smallest absolute Gasteiger partial charge is 0.302 e. The molecule has 1 aromatic rings. The molecule has 0 saturated carbocycles. The van der Waals surface area contributed by atoms with Crippen molar-refractivity contribution in [2.24, 2.45) is 0 Å². The van der Waals surface area contributed by atoms with Gasteiger partial charge >= 0.3 is 5.97 Å². The third-order valence-corrected chi connectivity index (χ3v) is 1.18. The Morgan fingerprint density at radius 3 is 2.75 bits per heavy atom. The lowest BCUT2D eigenvalue weighted by atomic mass is 10.4. The lowest BCUT2D eigenvalue weighted by Gasteiger charge is -1.98. The van der Waals surface area contributed by atoms with Crippen LogP contribution in [0, 0.1) is 0 Å². The van der Waals surface area contributed by atoms with Gasteiger partial charge in [0.05, 0.1) is 6.61 Å². The molecule has 0 aliphatic carbocycles. The van der Waals surface area contributed by atoms with Crippen LogP contribution >= 0.6 is 0 Å². The minimum atomic E-state index is -0.288. The van der Waals surface area contributed by atoms with Gasteiger partial charge in [-0.3, -0.25) is 4.79 Å². The number of aromatic nitrogens is 3. The molecular formula is C7H9N3O2. The van der Waals surface area contributed by atoms with Crippen molar-refractivity contribution < 1.29 is 9.53 Å². The summed E-state index contributed by atoms with van der Waals surface area (Å²) in [5, 5.41) is 0. The fourth-order valence-corrected chi connectivity index (χ4v) is 0.678. The lowest BCUT2D eigenvalue weighted by Crippen LogP contribution is -2.05. The number of nitrogens with zero attached hydrogens (tertiary/aromatic N) is 3. The summed E-state index contributed by atoms with van der Waals surface area (Å²) in [4.78, 5) is 21.7. The number of rotatable bonds is 3. The third-order valence-electron chi connectivity index (χ3n) is 1.18. The number of carbonyl (C=O) groups excluding carboxylic acids is 1. The molecule has 0 radical (unpaired) electrons. The summed E-state index contributed by atoms with van der Waals surface area (Å²) in [6, 6.07) is 0. The van der Waals surface area contributed by atoms with Gasteiger partial charge in [0.25, 0.3) is 0 Å². The highest BCUT2D eigenvalue weighted by Crippen LogP contribution is 1.88. The summed E-state index contributed by atoms with van der Waals surface area (Å²) >= 11 is 0. The average Bonchev–Trinajstić information content (AvgIpc) is 2.05. The zero-order valence-electron chi connectivity index (χ0n) is 6.73. The van der Waals surface area contributed by atoms with Crippen molar-refractivity contribution in [3.05, 3.63) is 18.5 Å². The molecule has 0 saturated heterocycles. The minimum Gasteiger partial charge on any atom is -0.465 e. The van der Waals surface area contributed by atoms with E-state index in [2.05, 4.69) is 15.0 Å². The maximum absolute atomic E-state index is 10.4. The Balaban J connectivity index is 2.29. The minimum absolute atomic E-state index is 0.288. The van der Waals surface area contributed by atoms with Crippen LogP contribution in [-0.4, -0.2) is 27.5 Å². The second-order valence-electron chi connectivity index (χ2n) is 2.14. The zero-order valence-corrected chi connectivity index (χ0v) is 6.73. The van der Waals surface area contributed by atoms with Gasteiger partial charge in [0, 0.05) is 13.3 Å². The monoisotopic (exact) mass is 167 g/mol. The number of ether oxygens (including phenoxy) is 1. The van der Waals surface area contributed by atoms with Crippen molar-refractivity contribution >= 4 is 5.97 Å². The van der Waals surface area contributed by atoms with Gasteiger partial charge in [-0.05, 0) is 0 Å². The topological polar surface area (TPSA) is 65.0 Å². The molecule has 1 rings (SSSR count). The molecule has 0 aliphatic heterocycles. The Bertz CT molecular complexity index is 250. The molecule has 0 fully saturated rings. The number of carbonyl (C=O) groups is 1. The number of esters is 1. The number of hydrogen-bond donors (Lipinski definition) is 0. The lowest BCUT2D eigenvalue weighted by molar-refractivity contribution is -0.140. The standard InChI is InChI=1S/C7H9N3O2/c1-6(11)12-3-2-7-9-4-8-5-10-7/h4-5H,2-3H2,1H3. The van der Waals surface area contributed by atoms with Crippen molar-refractivity contribution in [1.82, 2.24) is 15.0 Å². The fourth-order valence-electron chi connectivity index (χ4n) is 0.678. The van der Waals surface area contributed by atoms with E-state index in [9.17, 15) is 4.79 Å². The van der Waals surface area contributed by atoms with E-state index in [1.165, 1.54) is 19.6 Å². The molecular weight excluding hydrogens is 158 g/mol. The quantitative estimate of drug-likeness (QED) is 0.592. The van der Waals surface area contributed by atoms with Crippen LogP contribution < -0.4 is 0 Å². The predicted octanol–water partition coefficient (Wildman–Crippen LogP) is -0.0228. The van der Waals surface area contributed by atoms with Gasteiger partial charge in [0.1, 0.15) is 18.5 Å². The Morgan fingerprint density at radius 2 is 2.17 bits per heavy atom. The second kappa shape index (κ2) is 4.38. The molecule has 0 unspecified atom stereocenters. The largest absolute Gasteiger partial charge is 0.465 e. The van der Waals surface area contributed by atoms with E-state index in [1.807, 2.05) is 0 Å². The predicted molar refractivity (Wildman–Crippen MR) is 40.2 cm³/mol. The van der Waals surface area contributed by atoms with Crippen molar-refractivity contribution in [1.29, 1.82) is 0 Å². The van der Waals surface area contributed by atoms with Crippen LogP contribution in [0.1, 0.15) is 12.7 Å². The molecule has 12 heavy (non-hydrogen) atoms. The Morgan fingerprint density at radius 1 is 1.50 bits per heavy atom. The Kier molecular flexibility index (Phi) is 3.13. The highest BCUT2D eigenvalue weighted by molar-refractivity contribution is 5.65. The van der Waals surface area contributed by atoms with Crippen molar-refractivity contribution in [3.8, 4) is 0 Å². The van der Waals surface area contributed by atoms with E-state index < -0.39 is 0 Å². The van der Waals surface area contributed by atoms with Crippen LogP contribution in [0.4, 0.5) is 0 Å². The Labute approximate surface area is 69.8 Å². The van der Waals surface area contributed by atoms with E-state index in [-0.39, 0.29) is 5.97 Å². The first-order valence-electron chi connectivity index (χ1n) is 3.53. The van der Waals surface area contributed by atoms with Crippen LogP contribution in [0.15, 0.2) is 12.7 Å². The molecule has 0 atom stereocenters. The maximum Gasteiger partial charge on any atom is 0.302 e. The average molecular weight is 167 g/mol.